The van der Waals surface area contributed by atoms with Crippen LogP contribution in [0.15, 0.2) is 29.2 Å². The van der Waals surface area contributed by atoms with Crippen molar-refractivity contribution >= 4 is 16.9 Å². The number of thioether (sulfide) groups is 1. The monoisotopic (exact) mass is 195 g/mol. The Balaban J connectivity index is 2.64. The topological polar surface area (TPSA) is 43.1 Å². The normalized spacial score (nSPS) is 10.0. The Morgan fingerprint density at radius 2 is 2.00 bits per heavy atom. The minimum atomic E-state index is 0.117. The van der Waals surface area contributed by atoms with Gasteiger partial charge >= 0.3 is 0 Å². The Morgan fingerprint density at radius 3 is 2.46 bits per heavy atom. The van der Waals surface area contributed by atoms with Gasteiger partial charge in [0, 0.05) is 11.8 Å². The fraction of sp³-hybridized carbons (Fsp3) is 0.300. The van der Waals surface area contributed by atoms with Crippen molar-refractivity contribution in [3.05, 3.63) is 29.8 Å². The summed E-state index contributed by atoms with van der Waals surface area (Å²) in [6.07, 6.45) is 0.894. The zero-order valence-electron chi connectivity index (χ0n) is 7.62. The lowest BCUT2D eigenvalue weighted by Gasteiger charge is -2.00. The molecule has 70 valence electrons. The fourth-order valence-electron chi connectivity index (χ4n) is 1.06. The summed E-state index contributed by atoms with van der Waals surface area (Å²) in [6.45, 7) is 2.23. The molecule has 0 spiro atoms. The van der Waals surface area contributed by atoms with Crippen molar-refractivity contribution in [3.63, 3.8) is 0 Å². The minimum absolute atomic E-state index is 0.117. The second-order valence-electron chi connectivity index (χ2n) is 2.78. The number of carbonyl (C=O) groups is 1. The summed E-state index contributed by atoms with van der Waals surface area (Å²) in [5.74, 6) is 0. The van der Waals surface area contributed by atoms with Gasteiger partial charge < -0.3 is 5.73 Å². The first-order valence-corrected chi connectivity index (χ1v) is 5.01. The van der Waals surface area contributed by atoms with E-state index in [1.165, 1.54) is 17.3 Å². The fourth-order valence-corrected chi connectivity index (χ4v) is 1.66. The molecule has 2 N–H and O–H groups in total. The van der Waals surface area contributed by atoms with Gasteiger partial charge in [0.25, 0.3) is 0 Å². The average molecular weight is 195 g/mol. The molecule has 1 rings (SSSR count). The molecule has 0 radical (unpaired) electrons. The second kappa shape index (κ2) is 5.04. The minimum Gasteiger partial charge on any atom is -0.330 e. The summed E-state index contributed by atoms with van der Waals surface area (Å²) >= 11 is 1.26. The SMILES string of the molecule is CC(=O)Sc1ccc(CCN)cc1. The highest BCUT2D eigenvalue weighted by molar-refractivity contribution is 8.13. The molecule has 0 aliphatic rings. The van der Waals surface area contributed by atoms with Crippen LogP contribution in [0.1, 0.15) is 12.5 Å². The molecular formula is C10H13NOS. The summed E-state index contributed by atoms with van der Waals surface area (Å²) in [5, 5.41) is 0.117. The highest BCUT2D eigenvalue weighted by Gasteiger charge is 1.97. The molecule has 2 nitrogen and oxygen atoms in total. The Hall–Kier alpha value is -0.800. The smallest absolute Gasteiger partial charge is 0.190 e. The van der Waals surface area contributed by atoms with Crippen molar-refractivity contribution in [2.75, 3.05) is 6.54 Å². The average Bonchev–Trinajstić information content (AvgIpc) is 2.08. The zero-order valence-corrected chi connectivity index (χ0v) is 8.43. The lowest BCUT2D eigenvalue weighted by Crippen LogP contribution is -2.02. The van der Waals surface area contributed by atoms with Gasteiger partial charge in [0.05, 0.1) is 0 Å². The number of hydrogen-bond acceptors (Lipinski definition) is 3. The van der Waals surface area contributed by atoms with Gasteiger partial charge in [0.1, 0.15) is 0 Å². The maximum atomic E-state index is 10.8. The van der Waals surface area contributed by atoms with E-state index in [-0.39, 0.29) is 5.12 Å². The second-order valence-corrected chi connectivity index (χ2v) is 4.03. The maximum Gasteiger partial charge on any atom is 0.190 e. The molecule has 0 heterocycles. The number of carbonyl (C=O) groups excluding carboxylic acids is 1. The molecule has 0 aliphatic heterocycles. The van der Waals surface area contributed by atoms with Crippen LogP contribution in [0.2, 0.25) is 0 Å². The van der Waals surface area contributed by atoms with Gasteiger partial charge in [0.15, 0.2) is 5.12 Å². The van der Waals surface area contributed by atoms with Crippen molar-refractivity contribution in [1.29, 1.82) is 0 Å². The third-order valence-corrected chi connectivity index (χ3v) is 2.41. The summed E-state index contributed by atoms with van der Waals surface area (Å²) in [5.41, 5.74) is 6.64. The van der Waals surface area contributed by atoms with Crippen LogP contribution in [0, 0.1) is 0 Å². The molecule has 0 unspecified atom stereocenters. The van der Waals surface area contributed by atoms with Gasteiger partial charge in [-0.1, -0.05) is 23.9 Å². The third-order valence-electron chi connectivity index (χ3n) is 1.62. The van der Waals surface area contributed by atoms with E-state index in [1.807, 2.05) is 24.3 Å². The molecule has 0 saturated carbocycles. The Kier molecular flexibility index (Phi) is 3.99. The summed E-state index contributed by atoms with van der Waals surface area (Å²) in [4.78, 5) is 11.8. The van der Waals surface area contributed by atoms with E-state index < -0.39 is 0 Å². The van der Waals surface area contributed by atoms with Gasteiger partial charge in [-0.05, 0) is 30.7 Å². The van der Waals surface area contributed by atoms with Gasteiger partial charge in [-0.2, -0.15) is 0 Å². The standard InChI is InChI=1S/C10H13NOS/c1-8(12)13-10-4-2-9(3-5-10)6-7-11/h2-5H,6-7,11H2,1H3. The largest absolute Gasteiger partial charge is 0.330 e. The van der Waals surface area contributed by atoms with E-state index >= 15 is 0 Å². The first-order valence-electron chi connectivity index (χ1n) is 4.20. The molecule has 0 aliphatic carbocycles. The molecule has 0 bridgehead atoms. The lowest BCUT2D eigenvalue weighted by molar-refractivity contribution is -0.109. The number of rotatable bonds is 3. The van der Waals surface area contributed by atoms with Crippen molar-refractivity contribution in [1.82, 2.24) is 0 Å². The molecule has 0 aromatic heterocycles. The van der Waals surface area contributed by atoms with Crippen molar-refractivity contribution in [2.24, 2.45) is 5.73 Å². The lowest BCUT2D eigenvalue weighted by atomic mass is 10.2. The first kappa shape index (κ1) is 10.3. The number of nitrogens with two attached hydrogens (primary N) is 1. The van der Waals surface area contributed by atoms with Gasteiger partial charge in [-0.25, -0.2) is 0 Å². The van der Waals surface area contributed by atoms with Crippen LogP contribution in [0.25, 0.3) is 0 Å². The number of hydrogen-bond donors (Lipinski definition) is 1. The van der Waals surface area contributed by atoms with Gasteiger partial charge in [0.2, 0.25) is 0 Å². The van der Waals surface area contributed by atoms with Crippen LogP contribution < -0.4 is 5.73 Å². The zero-order chi connectivity index (χ0) is 9.68. The molecule has 1 aromatic rings. The Bertz CT molecular complexity index is 281. The van der Waals surface area contributed by atoms with E-state index in [0.717, 1.165) is 11.3 Å². The van der Waals surface area contributed by atoms with Crippen LogP contribution in [0.3, 0.4) is 0 Å². The molecular weight excluding hydrogens is 182 g/mol. The van der Waals surface area contributed by atoms with Crippen LogP contribution in [0.4, 0.5) is 0 Å². The predicted molar refractivity (Wildman–Crippen MR) is 55.7 cm³/mol. The van der Waals surface area contributed by atoms with Gasteiger partial charge in [-0.15, -0.1) is 0 Å². The number of benzene rings is 1. The maximum absolute atomic E-state index is 10.8. The molecule has 0 saturated heterocycles. The van der Waals surface area contributed by atoms with Crippen molar-refractivity contribution < 1.29 is 4.79 Å². The molecule has 1 aromatic carbocycles. The van der Waals surface area contributed by atoms with Crippen molar-refractivity contribution in [3.8, 4) is 0 Å². The quantitative estimate of drug-likeness (QED) is 0.748. The van der Waals surface area contributed by atoms with Crippen LogP contribution in [0.5, 0.6) is 0 Å². The van der Waals surface area contributed by atoms with E-state index in [2.05, 4.69) is 0 Å². The van der Waals surface area contributed by atoms with Crippen molar-refractivity contribution in [2.45, 2.75) is 18.2 Å². The molecule has 0 amide bonds. The van der Waals surface area contributed by atoms with Crippen LogP contribution in [-0.2, 0) is 11.2 Å². The highest BCUT2D eigenvalue weighted by Crippen LogP contribution is 2.18. The van der Waals surface area contributed by atoms with Gasteiger partial charge in [-0.3, -0.25) is 4.79 Å². The van der Waals surface area contributed by atoms with E-state index in [0.29, 0.717) is 6.54 Å². The van der Waals surface area contributed by atoms with E-state index in [4.69, 9.17) is 5.73 Å². The van der Waals surface area contributed by atoms with Crippen LogP contribution in [-0.4, -0.2) is 11.7 Å². The summed E-state index contributed by atoms with van der Waals surface area (Å²) in [6, 6.07) is 7.93. The molecule has 0 atom stereocenters. The van der Waals surface area contributed by atoms with E-state index in [1.54, 1.807) is 6.92 Å². The molecule has 13 heavy (non-hydrogen) atoms. The highest BCUT2D eigenvalue weighted by atomic mass is 32.2. The molecule has 3 heteroatoms. The molecule has 0 fully saturated rings. The summed E-state index contributed by atoms with van der Waals surface area (Å²) < 4.78 is 0. The summed E-state index contributed by atoms with van der Waals surface area (Å²) in [7, 11) is 0. The Morgan fingerprint density at radius 1 is 1.38 bits per heavy atom. The Labute approximate surface area is 82.5 Å². The first-order chi connectivity index (χ1) is 6.22. The van der Waals surface area contributed by atoms with Crippen LogP contribution >= 0.6 is 11.8 Å². The predicted octanol–water partition coefficient (Wildman–Crippen LogP) is 1.83. The van der Waals surface area contributed by atoms with E-state index in [9.17, 15) is 4.79 Å². The third kappa shape index (κ3) is 3.61.